The number of carboxylic acid groups (broad SMARTS) is 1. The highest BCUT2D eigenvalue weighted by Gasteiger charge is 2.27. The summed E-state index contributed by atoms with van der Waals surface area (Å²) in [5.41, 5.74) is 12.0. The second-order valence-electron chi connectivity index (χ2n) is 24.7. The van der Waals surface area contributed by atoms with E-state index in [0.717, 1.165) is 122 Å². The lowest BCUT2D eigenvalue weighted by atomic mass is 10.1. The highest BCUT2D eigenvalue weighted by molar-refractivity contribution is 6.40. The molecule has 2 aliphatic heterocycles. The van der Waals surface area contributed by atoms with Crippen LogP contribution in [-0.2, 0) is 11.2 Å². The lowest BCUT2D eigenvalue weighted by Gasteiger charge is -2.25. The molecule has 17 rings (SSSR count). The number of ketones is 2. The van der Waals surface area contributed by atoms with E-state index in [9.17, 15) is 33.9 Å². The standard InChI is InChI=1S/C21H20Cl2N2O.C16H10Cl3NO.C15H9Cl2NO2.C15H9Cl2NO.C9H6ClNO.C8H7NO.6CH4/c22-15-8-10-16(11-9-15)25-18-7-3-2-6-17(18)20(21(25)23)19(26)14-24-12-4-1-5-13-24;17-9-14(21)15-12-3-1-2-4-13(12)20(16(15)19)11-7-5-10(18)6-8-11;16-9-5-7-10(8-6-9)18-12-4-2-1-3-11(12)13(14(18)17)15(19)20;16-10-5-7-11(8-6-10)18-14-4-2-1-3-12(14)13(9-19)15(18)17;10-9-7(5-12)6-3-1-2-4-8(6)11-9;10-8-5-6-3-1-2-4-7(6)9-8;;;;;;/h2-3,6-11H,1,4-5,12-14H2;1-8H,9H2;1-8H,(H,19,20);1-9H;1-5,11H;1-4H,5H2,(H,9,10);6*1H4. The third-order valence-electron chi connectivity index (χ3n) is 17.9. The highest BCUT2D eigenvalue weighted by atomic mass is 35.5. The van der Waals surface area contributed by atoms with Gasteiger partial charge in [0.15, 0.2) is 24.1 Å². The summed E-state index contributed by atoms with van der Waals surface area (Å²) in [6, 6.07) is 74.7. The van der Waals surface area contributed by atoms with E-state index in [0.29, 0.717) is 81.3 Å². The number of aldehydes is 2. The summed E-state index contributed by atoms with van der Waals surface area (Å²) in [6.45, 7) is 2.40. The molecule has 24 heteroatoms. The van der Waals surface area contributed by atoms with Gasteiger partial charge in [-0.15, -0.1) is 11.6 Å². The van der Waals surface area contributed by atoms with Crippen LogP contribution in [0.3, 0.4) is 0 Å². The molecule has 0 saturated carbocycles. The van der Waals surface area contributed by atoms with Gasteiger partial charge >= 0.3 is 5.97 Å². The van der Waals surface area contributed by atoms with Gasteiger partial charge in [0.1, 0.15) is 31.3 Å². The van der Waals surface area contributed by atoms with Gasteiger partial charge in [-0.2, -0.15) is 0 Å². The predicted molar refractivity (Wildman–Crippen MR) is 483 cm³/mol. The number of rotatable bonds is 12. The number of fused-ring (bicyclic) bond motifs is 6. The summed E-state index contributed by atoms with van der Waals surface area (Å²) in [4.78, 5) is 74.4. The van der Waals surface area contributed by atoms with Crippen molar-refractivity contribution in [2.24, 2.45) is 0 Å². The van der Waals surface area contributed by atoms with E-state index >= 15 is 0 Å². The Morgan fingerprint density at radius 2 is 0.728 bits per heavy atom. The molecule has 14 nitrogen and oxygen atoms in total. The molecule has 0 bridgehead atoms. The fourth-order valence-electron chi connectivity index (χ4n) is 13.0. The smallest absolute Gasteiger partial charge is 0.339 e. The number of alkyl halides is 1. The molecular weight excluding hydrogens is 1650 g/mol. The molecule has 7 heterocycles. The number of para-hydroxylation sites is 6. The van der Waals surface area contributed by atoms with E-state index in [2.05, 4.69) is 15.2 Å². The van der Waals surface area contributed by atoms with Crippen LogP contribution in [0.4, 0.5) is 5.69 Å². The number of piperidine rings is 1. The summed E-state index contributed by atoms with van der Waals surface area (Å²) in [7, 11) is 0. The number of aromatic amines is 1. The van der Waals surface area contributed by atoms with Gasteiger partial charge in [-0.3, -0.25) is 47.1 Å². The average molecular weight is 1730 g/mol. The van der Waals surface area contributed by atoms with Crippen LogP contribution < -0.4 is 5.32 Å². The van der Waals surface area contributed by atoms with E-state index < -0.39 is 5.97 Å². The van der Waals surface area contributed by atoms with Crippen LogP contribution in [0.2, 0.25) is 45.9 Å². The van der Waals surface area contributed by atoms with Gasteiger partial charge in [0.25, 0.3) is 0 Å². The van der Waals surface area contributed by atoms with E-state index in [1.165, 1.54) is 6.42 Å². The zero-order valence-electron chi connectivity index (χ0n) is 56.8. The largest absolute Gasteiger partial charge is 0.478 e. The number of likely N-dealkylation sites (tertiary alicyclic amines) is 1. The van der Waals surface area contributed by atoms with Crippen molar-refractivity contribution < 1.29 is 33.9 Å². The molecule has 1 amide bonds. The van der Waals surface area contributed by atoms with Crippen LogP contribution in [0.25, 0.3) is 77.3 Å². The van der Waals surface area contributed by atoms with E-state index in [1.54, 1.807) is 65.2 Å². The topological polar surface area (TPSA) is 173 Å². The molecule has 0 spiro atoms. The van der Waals surface area contributed by atoms with Gasteiger partial charge in [-0.05, 0) is 165 Å². The molecule has 10 aromatic carbocycles. The molecule has 15 aromatic rings. The summed E-state index contributed by atoms with van der Waals surface area (Å²) < 4.78 is 7.30. The van der Waals surface area contributed by atoms with Crippen molar-refractivity contribution in [1.82, 2.24) is 28.2 Å². The second-order valence-corrected chi connectivity index (χ2v) is 28.5. The monoisotopic (exact) mass is 1730 g/mol. The van der Waals surface area contributed by atoms with Gasteiger partial charge in [0.05, 0.1) is 63.2 Å². The Labute approximate surface area is 714 Å². The summed E-state index contributed by atoms with van der Waals surface area (Å²) in [5, 5.41) is 20.5. The molecule has 3 N–H and O–H groups in total. The molecule has 592 valence electrons. The average Bonchev–Trinajstić information content (AvgIpc) is 1.60. The summed E-state index contributed by atoms with van der Waals surface area (Å²) in [6.07, 6.45) is 5.66. The normalized spacial score (nSPS) is 11.6. The van der Waals surface area contributed by atoms with Crippen LogP contribution in [0.5, 0.6) is 0 Å². The maximum absolute atomic E-state index is 13.1. The van der Waals surface area contributed by atoms with Crippen LogP contribution in [0.15, 0.2) is 243 Å². The summed E-state index contributed by atoms with van der Waals surface area (Å²) >= 11 is 61.0. The number of nitrogens with one attached hydrogen (secondary N) is 2. The van der Waals surface area contributed by atoms with Gasteiger partial charge in [0.2, 0.25) is 5.91 Å². The van der Waals surface area contributed by atoms with Crippen molar-refractivity contribution in [2.75, 3.05) is 30.8 Å². The zero-order chi connectivity index (χ0) is 76.3. The minimum absolute atomic E-state index is 0. The molecule has 1 fully saturated rings. The number of nitrogens with zero attached hydrogens (tertiary/aromatic N) is 5. The first-order valence-electron chi connectivity index (χ1n) is 33.6. The first-order valence-corrected chi connectivity index (χ1v) is 37.5. The molecule has 0 unspecified atom stereocenters. The molecular formula is C90H85Cl10N7O7. The SMILES string of the molecule is C.C.C.C.C.C.O=C(CCl)c1c(Cl)n(-c2ccc(Cl)cc2)c2ccccc12.O=C(CN1CCCCC1)c1c(Cl)n(-c2ccc(Cl)cc2)c2ccccc12.O=C(O)c1c(Cl)n(-c2ccc(Cl)cc2)c2ccccc12.O=C1Cc2ccccc2N1.O=Cc1c(Cl)[nH]c2ccccc12.O=Cc1c(Cl)n(-c2ccc(Cl)cc2)c2ccccc12. The lowest BCUT2D eigenvalue weighted by Crippen LogP contribution is -2.34. The Morgan fingerprint density at radius 1 is 0.386 bits per heavy atom. The number of hydrogen-bond donors (Lipinski definition) is 3. The highest BCUT2D eigenvalue weighted by Crippen LogP contribution is 2.39. The minimum atomic E-state index is -1.04. The number of aromatic nitrogens is 5. The van der Waals surface area contributed by atoms with Crippen LogP contribution in [-0.4, -0.2) is 94.8 Å². The maximum Gasteiger partial charge on any atom is 0.339 e. The Bertz CT molecular complexity index is 5820. The fraction of sp³-hybridized carbons (Fsp3) is 0.156. The van der Waals surface area contributed by atoms with Crippen LogP contribution >= 0.6 is 116 Å². The fourth-order valence-corrected chi connectivity index (χ4v) is 15.3. The number of H-pyrrole nitrogens is 1. The first-order chi connectivity index (χ1) is 52.3. The lowest BCUT2D eigenvalue weighted by molar-refractivity contribution is -0.115. The molecule has 0 atom stereocenters. The van der Waals surface area contributed by atoms with Crippen molar-refractivity contribution in [2.45, 2.75) is 70.2 Å². The molecule has 0 radical (unpaired) electrons. The Hall–Kier alpha value is -9.62. The van der Waals surface area contributed by atoms with Gasteiger partial charge in [0, 0.05) is 81.0 Å². The van der Waals surface area contributed by atoms with Crippen molar-refractivity contribution in [3.8, 4) is 22.7 Å². The van der Waals surface area contributed by atoms with E-state index in [-0.39, 0.29) is 78.6 Å². The van der Waals surface area contributed by atoms with Gasteiger partial charge in [-0.25, -0.2) is 4.79 Å². The van der Waals surface area contributed by atoms with Gasteiger partial charge in [-0.1, -0.05) is 265 Å². The van der Waals surface area contributed by atoms with Crippen LogP contribution in [0.1, 0.15) is 121 Å². The molecule has 0 aliphatic carbocycles. The van der Waals surface area contributed by atoms with E-state index in [1.807, 2.05) is 196 Å². The number of carbonyl (C=O) groups is 6. The van der Waals surface area contributed by atoms with E-state index in [4.69, 9.17) is 116 Å². The Kier molecular flexibility index (Phi) is 34.9. The maximum atomic E-state index is 13.1. The molecule has 5 aromatic heterocycles. The number of hydrogen-bond acceptors (Lipinski definition) is 7. The third kappa shape index (κ3) is 20.5. The number of anilines is 1. The van der Waals surface area contributed by atoms with Crippen LogP contribution in [0, 0.1) is 0 Å². The molecule has 2 aliphatic rings. The second kappa shape index (κ2) is 42.7. The summed E-state index contributed by atoms with van der Waals surface area (Å²) in [5.74, 6) is -1.15. The van der Waals surface area contributed by atoms with Gasteiger partial charge < -0.3 is 15.4 Å². The predicted octanol–water partition coefficient (Wildman–Crippen LogP) is 28.0. The quantitative estimate of drug-likeness (QED) is 0.0616. The number of carboxylic acids is 1. The first kappa shape index (κ1) is 93.2. The van der Waals surface area contributed by atoms with Crippen molar-refractivity contribution >= 4 is 212 Å². The third-order valence-corrected chi connectivity index (χ3v) is 20.9. The Morgan fingerprint density at radius 3 is 1.13 bits per heavy atom. The number of Topliss-reactive ketones (excluding diaryl/α,β-unsaturated/α-hetero) is 2. The number of aromatic carboxylic acids is 1. The van der Waals surface area contributed by atoms with Crippen molar-refractivity contribution in [3.05, 3.63) is 322 Å². The zero-order valence-corrected chi connectivity index (χ0v) is 64.4. The van der Waals surface area contributed by atoms with Crippen molar-refractivity contribution in [1.29, 1.82) is 0 Å². The van der Waals surface area contributed by atoms with Crippen molar-refractivity contribution in [3.63, 3.8) is 0 Å². The number of amides is 1. The number of benzene rings is 10. The number of carbonyl (C=O) groups excluding carboxylic acids is 5. The number of halogens is 10. The Balaban J connectivity index is 0.000000215. The molecule has 114 heavy (non-hydrogen) atoms. The molecule has 1 saturated heterocycles. The minimum Gasteiger partial charge on any atom is -0.478 e.